The molecule has 0 aliphatic rings. The van der Waals surface area contributed by atoms with Crippen LogP contribution < -0.4 is 4.74 Å². The van der Waals surface area contributed by atoms with E-state index in [0.29, 0.717) is 6.42 Å². The van der Waals surface area contributed by atoms with Gasteiger partial charge in [0.1, 0.15) is 5.75 Å². The van der Waals surface area contributed by atoms with Crippen molar-refractivity contribution in [3.05, 3.63) is 36.8 Å². The van der Waals surface area contributed by atoms with Crippen LogP contribution in [-0.4, -0.2) is 6.61 Å². The molecule has 0 amide bonds. The van der Waals surface area contributed by atoms with Crippen LogP contribution in [0.15, 0.2) is 24.3 Å². The maximum atomic E-state index is 11.7. The molecule has 0 fully saturated rings. The van der Waals surface area contributed by atoms with Crippen LogP contribution in [0.25, 0.3) is 0 Å². The Balaban J connectivity index is 2.65. The van der Waals surface area contributed by atoms with E-state index < -0.39 is 6.61 Å². The second kappa shape index (κ2) is 4.04. The summed E-state index contributed by atoms with van der Waals surface area (Å²) in [6.45, 7) is 0.903. The molecule has 0 saturated heterocycles. The Hall–Kier alpha value is -1.12. The van der Waals surface area contributed by atoms with Crippen molar-refractivity contribution < 1.29 is 13.5 Å². The van der Waals surface area contributed by atoms with Crippen molar-refractivity contribution in [3.8, 4) is 5.75 Å². The van der Waals surface area contributed by atoms with Crippen molar-refractivity contribution >= 4 is 0 Å². The van der Waals surface area contributed by atoms with Gasteiger partial charge in [0.25, 0.3) is 0 Å². The normalized spacial score (nSPS) is 10.3. The Morgan fingerprint density at radius 1 is 1.25 bits per heavy atom. The van der Waals surface area contributed by atoms with E-state index in [1.54, 1.807) is 12.1 Å². The van der Waals surface area contributed by atoms with Gasteiger partial charge >= 0.3 is 6.61 Å². The molecule has 0 heterocycles. The van der Waals surface area contributed by atoms with Gasteiger partial charge in [0.2, 0.25) is 0 Å². The molecule has 0 aliphatic heterocycles. The first-order chi connectivity index (χ1) is 5.72. The number of benzene rings is 1. The van der Waals surface area contributed by atoms with Crippen molar-refractivity contribution in [2.45, 2.75) is 13.0 Å². The third kappa shape index (κ3) is 2.49. The molecular formula is C9H9F2O. The van der Waals surface area contributed by atoms with Crippen molar-refractivity contribution in [2.75, 3.05) is 0 Å². The Morgan fingerprint density at radius 2 is 1.83 bits per heavy atom. The van der Waals surface area contributed by atoms with Crippen LogP contribution in [0.2, 0.25) is 0 Å². The zero-order valence-corrected chi connectivity index (χ0v) is 6.47. The summed E-state index contributed by atoms with van der Waals surface area (Å²) in [5, 5.41) is 0. The molecule has 12 heavy (non-hydrogen) atoms. The summed E-state index contributed by atoms with van der Waals surface area (Å²) in [5.74, 6) is 0.183. The van der Waals surface area contributed by atoms with E-state index in [1.807, 2.05) is 0 Å². The minimum atomic E-state index is -2.75. The lowest BCUT2D eigenvalue weighted by Gasteiger charge is -2.03. The molecular weight excluding hydrogens is 162 g/mol. The molecule has 3 heteroatoms. The van der Waals surface area contributed by atoms with Crippen LogP contribution >= 0.6 is 0 Å². The molecule has 0 spiro atoms. The summed E-state index contributed by atoms with van der Waals surface area (Å²) in [6, 6.07) is 6.44. The lowest BCUT2D eigenvalue weighted by atomic mass is 10.2. The zero-order valence-electron chi connectivity index (χ0n) is 6.47. The number of hydrogen-bond acceptors (Lipinski definition) is 1. The fraction of sp³-hybridized carbons (Fsp3) is 0.222. The highest BCUT2D eigenvalue weighted by Gasteiger charge is 2.02. The quantitative estimate of drug-likeness (QED) is 0.679. The van der Waals surface area contributed by atoms with Crippen molar-refractivity contribution in [3.63, 3.8) is 0 Å². The molecule has 1 aromatic carbocycles. The Labute approximate surface area is 70.0 Å². The molecule has 1 aromatic rings. The lowest BCUT2D eigenvalue weighted by Crippen LogP contribution is -2.01. The fourth-order valence-corrected chi connectivity index (χ4v) is 0.838. The van der Waals surface area contributed by atoms with Crippen molar-refractivity contribution in [2.24, 2.45) is 0 Å². The Bertz CT molecular complexity index is 231. The monoisotopic (exact) mass is 171 g/mol. The zero-order chi connectivity index (χ0) is 8.97. The molecule has 65 valence electrons. The van der Waals surface area contributed by atoms with Crippen LogP contribution in [0.5, 0.6) is 5.75 Å². The Kier molecular flexibility index (Phi) is 3.02. The smallest absolute Gasteiger partial charge is 0.387 e. The number of rotatable bonds is 3. The van der Waals surface area contributed by atoms with Gasteiger partial charge in [-0.3, -0.25) is 0 Å². The van der Waals surface area contributed by atoms with Gasteiger partial charge in [0.15, 0.2) is 0 Å². The fourth-order valence-electron chi connectivity index (χ4n) is 0.838. The highest BCUT2D eigenvalue weighted by molar-refractivity contribution is 5.27. The molecule has 1 rings (SSSR count). The van der Waals surface area contributed by atoms with E-state index in [4.69, 9.17) is 0 Å². The summed E-state index contributed by atoms with van der Waals surface area (Å²) in [6.07, 6.45) is 0.648. The van der Waals surface area contributed by atoms with E-state index in [-0.39, 0.29) is 5.75 Å². The number of ether oxygens (including phenoxy) is 1. The van der Waals surface area contributed by atoms with Gasteiger partial charge < -0.3 is 4.74 Å². The molecule has 0 unspecified atom stereocenters. The van der Waals surface area contributed by atoms with Gasteiger partial charge in [0, 0.05) is 0 Å². The van der Waals surface area contributed by atoms with Gasteiger partial charge in [0.05, 0.1) is 0 Å². The number of alkyl halides is 2. The average Bonchev–Trinajstić information content (AvgIpc) is 2.05. The van der Waals surface area contributed by atoms with Gasteiger partial charge in [-0.1, -0.05) is 12.1 Å². The van der Waals surface area contributed by atoms with Gasteiger partial charge in [-0.2, -0.15) is 8.78 Å². The van der Waals surface area contributed by atoms with E-state index in [1.165, 1.54) is 12.1 Å². The molecule has 0 N–H and O–H groups in total. The second-order valence-electron chi connectivity index (χ2n) is 2.27. The number of halogens is 2. The first-order valence-electron chi connectivity index (χ1n) is 3.55. The SMILES string of the molecule is [CH2]Cc1ccc(OC(F)F)cc1. The standard InChI is InChI=1S/C9H9F2O/c1-2-7-3-5-8(6-4-7)12-9(10)11/h3-6,9H,1-2H2. The second-order valence-corrected chi connectivity index (χ2v) is 2.27. The average molecular weight is 171 g/mol. The third-order valence-corrected chi connectivity index (χ3v) is 1.44. The number of hydrogen-bond donors (Lipinski definition) is 0. The molecule has 0 saturated carbocycles. The highest BCUT2D eigenvalue weighted by Crippen LogP contribution is 2.14. The maximum absolute atomic E-state index is 11.7. The van der Waals surface area contributed by atoms with E-state index in [0.717, 1.165) is 5.56 Å². The summed E-state index contributed by atoms with van der Waals surface area (Å²) in [7, 11) is 0. The first kappa shape index (κ1) is 8.97. The summed E-state index contributed by atoms with van der Waals surface area (Å²) < 4.78 is 27.5. The van der Waals surface area contributed by atoms with Crippen LogP contribution in [0, 0.1) is 6.92 Å². The molecule has 0 bridgehead atoms. The maximum Gasteiger partial charge on any atom is 0.387 e. The molecule has 0 aliphatic carbocycles. The minimum absolute atomic E-state index is 0.183. The molecule has 1 nitrogen and oxygen atoms in total. The summed E-state index contributed by atoms with van der Waals surface area (Å²) in [5.41, 5.74) is 0.997. The van der Waals surface area contributed by atoms with Crippen molar-refractivity contribution in [1.82, 2.24) is 0 Å². The molecule has 0 atom stereocenters. The topological polar surface area (TPSA) is 9.23 Å². The largest absolute Gasteiger partial charge is 0.435 e. The van der Waals surface area contributed by atoms with Crippen LogP contribution in [0.1, 0.15) is 5.56 Å². The van der Waals surface area contributed by atoms with Crippen LogP contribution in [0.3, 0.4) is 0 Å². The highest BCUT2D eigenvalue weighted by atomic mass is 19.3. The Morgan fingerprint density at radius 3 is 2.25 bits per heavy atom. The van der Waals surface area contributed by atoms with E-state index >= 15 is 0 Å². The predicted octanol–water partition coefficient (Wildman–Crippen LogP) is 2.66. The van der Waals surface area contributed by atoms with Gasteiger partial charge in [-0.15, -0.1) is 0 Å². The van der Waals surface area contributed by atoms with Gasteiger partial charge in [-0.05, 0) is 31.0 Å². The van der Waals surface area contributed by atoms with Crippen LogP contribution in [0.4, 0.5) is 8.78 Å². The van der Waals surface area contributed by atoms with E-state index in [2.05, 4.69) is 11.7 Å². The molecule has 1 radical (unpaired) electrons. The van der Waals surface area contributed by atoms with Crippen LogP contribution in [-0.2, 0) is 6.42 Å². The van der Waals surface area contributed by atoms with E-state index in [9.17, 15) is 8.78 Å². The van der Waals surface area contributed by atoms with Crippen molar-refractivity contribution in [1.29, 1.82) is 0 Å². The summed E-state index contributed by atoms with van der Waals surface area (Å²) >= 11 is 0. The minimum Gasteiger partial charge on any atom is -0.435 e. The predicted molar refractivity (Wildman–Crippen MR) is 42.1 cm³/mol. The summed E-state index contributed by atoms with van der Waals surface area (Å²) in [4.78, 5) is 0. The van der Waals surface area contributed by atoms with Gasteiger partial charge in [-0.25, -0.2) is 0 Å². The first-order valence-corrected chi connectivity index (χ1v) is 3.55. The molecule has 0 aromatic heterocycles. The third-order valence-electron chi connectivity index (χ3n) is 1.44. The lowest BCUT2D eigenvalue weighted by molar-refractivity contribution is -0.0498.